The molecule has 0 N–H and O–H groups in total. The number of ether oxygens (including phenoxy) is 1. The van der Waals surface area contributed by atoms with Gasteiger partial charge in [-0.15, -0.1) is 0 Å². The molecule has 1 saturated heterocycles. The fourth-order valence-electron chi connectivity index (χ4n) is 2.32. The summed E-state index contributed by atoms with van der Waals surface area (Å²) in [5.41, 5.74) is 0. The molecule has 10 heavy (non-hydrogen) atoms. The Morgan fingerprint density at radius 3 is 2.80 bits per heavy atom. The molecule has 58 valence electrons. The van der Waals surface area contributed by atoms with E-state index in [-0.39, 0.29) is 0 Å². The molecule has 2 fully saturated rings. The van der Waals surface area contributed by atoms with E-state index in [0.29, 0.717) is 6.10 Å². The van der Waals surface area contributed by atoms with E-state index in [1.165, 1.54) is 12.8 Å². The second kappa shape index (κ2) is 2.23. The van der Waals surface area contributed by atoms with Gasteiger partial charge in [0.1, 0.15) is 0 Å². The first-order valence-electron chi connectivity index (χ1n) is 4.40. The van der Waals surface area contributed by atoms with Gasteiger partial charge in [0.05, 0.1) is 6.10 Å². The molecule has 1 aliphatic heterocycles. The molecule has 0 unspecified atom stereocenters. The lowest BCUT2D eigenvalue weighted by Crippen LogP contribution is -2.41. The van der Waals surface area contributed by atoms with Crippen LogP contribution in [0.2, 0.25) is 0 Å². The van der Waals surface area contributed by atoms with Crippen LogP contribution < -0.4 is 0 Å². The monoisotopic (exact) mass is 140 g/mol. The van der Waals surface area contributed by atoms with Crippen LogP contribution in [0.4, 0.5) is 0 Å². The molecule has 0 radical (unpaired) electrons. The van der Waals surface area contributed by atoms with Gasteiger partial charge in [0.25, 0.3) is 0 Å². The van der Waals surface area contributed by atoms with E-state index in [2.05, 4.69) is 13.8 Å². The standard InChI is InChI=1S/C9H16O/c1-6(2)8-5-7-3-4-10-9(7)8/h6-9H,3-5H2,1-2H3/t7-,8+,9-/m1/s1. The number of fused-ring (bicyclic) bond motifs is 1. The molecule has 0 bridgehead atoms. The van der Waals surface area contributed by atoms with Crippen LogP contribution >= 0.6 is 0 Å². The van der Waals surface area contributed by atoms with Crippen molar-refractivity contribution in [3.63, 3.8) is 0 Å². The summed E-state index contributed by atoms with van der Waals surface area (Å²) in [7, 11) is 0. The molecule has 3 atom stereocenters. The predicted molar refractivity (Wildman–Crippen MR) is 40.8 cm³/mol. The Labute approximate surface area is 62.8 Å². The minimum Gasteiger partial charge on any atom is -0.378 e. The quantitative estimate of drug-likeness (QED) is 0.541. The fraction of sp³-hybridized carbons (Fsp3) is 1.00. The van der Waals surface area contributed by atoms with Crippen LogP contribution in [0.15, 0.2) is 0 Å². The summed E-state index contributed by atoms with van der Waals surface area (Å²) in [6, 6.07) is 0. The highest BCUT2D eigenvalue weighted by Crippen LogP contribution is 2.46. The molecule has 0 amide bonds. The van der Waals surface area contributed by atoms with Crippen molar-refractivity contribution in [2.45, 2.75) is 32.8 Å². The summed E-state index contributed by atoms with van der Waals surface area (Å²) in [4.78, 5) is 0. The minimum absolute atomic E-state index is 0.653. The van der Waals surface area contributed by atoms with Crippen molar-refractivity contribution in [1.82, 2.24) is 0 Å². The molecule has 0 spiro atoms. The second-order valence-electron chi connectivity index (χ2n) is 4.03. The Morgan fingerprint density at radius 1 is 1.40 bits per heavy atom. The number of hydrogen-bond acceptors (Lipinski definition) is 1. The van der Waals surface area contributed by atoms with E-state index in [9.17, 15) is 0 Å². The third-order valence-electron chi connectivity index (χ3n) is 3.12. The van der Waals surface area contributed by atoms with Crippen molar-refractivity contribution < 1.29 is 4.74 Å². The van der Waals surface area contributed by atoms with Gasteiger partial charge in [0.2, 0.25) is 0 Å². The van der Waals surface area contributed by atoms with Gasteiger partial charge >= 0.3 is 0 Å². The lowest BCUT2D eigenvalue weighted by molar-refractivity contribution is -0.0463. The normalized spacial score (nSPS) is 45.3. The highest BCUT2D eigenvalue weighted by atomic mass is 16.5. The van der Waals surface area contributed by atoms with E-state index in [1.54, 1.807) is 0 Å². The fourth-order valence-corrected chi connectivity index (χ4v) is 2.32. The summed E-state index contributed by atoms with van der Waals surface area (Å²) in [6.45, 7) is 5.64. The molecule has 1 heterocycles. The van der Waals surface area contributed by atoms with Gasteiger partial charge in [0.15, 0.2) is 0 Å². The molecule has 1 heteroatoms. The van der Waals surface area contributed by atoms with E-state index in [4.69, 9.17) is 4.74 Å². The van der Waals surface area contributed by atoms with Gasteiger partial charge in [-0.3, -0.25) is 0 Å². The van der Waals surface area contributed by atoms with Gasteiger partial charge in [0, 0.05) is 6.61 Å². The van der Waals surface area contributed by atoms with Gasteiger partial charge in [-0.25, -0.2) is 0 Å². The van der Waals surface area contributed by atoms with Crippen LogP contribution in [0.5, 0.6) is 0 Å². The van der Waals surface area contributed by atoms with E-state index in [0.717, 1.165) is 24.4 Å². The van der Waals surface area contributed by atoms with Crippen LogP contribution in [0.1, 0.15) is 26.7 Å². The zero-order valence-corrected chi connectivity index (χ0v) is 6.84. The average Bonchev–Trinajstić information content (AvgIpc) is 2.11. The van der Waals surface area contributed by atoms with Crippen molar-refractivity contribution in [2.75, 3.05) is 6.61 Å². The lowest BCUT2D eigenvalue weighted by atomic mass is 9.67. The molecule has 2 rings (SSSR count). The largest absolute Gasteiger partial charge is 0.378 e. The molecule has 0 aromatic carbocycles. The van der Waals surface area contributed by atoms with Crippen molar-refractivity contribution in [3.8, 4) is 0 Å². The molecule has 0 aromatic heterocycles. The Balaban J connectivity index is 1.94. The zero-order valence-electron chi connectivity index (χ0n) is 6.84. The summed E-state index contributed by atoms with van der Waals surface area (Å²) in [5, 5.41) is 0. The van der Waals surface area contributed by atoms with Crippen LogP contribution in [-0.2, 0) is 4.74 Å². The molecule has 1 saturated carbocycles. The van der Waals surface area contributed by atoms with Crippen molar-refractivity contribution >= 4 is 0 Å². The molecule has 1 aliphatic carbocycles. The molecular formula is C9H16O. The van der Waals surface area contributed by atoms with E-state index >= 15 is 0 Å². The highest BCUT2D eigenvalue weighted by molar-refractivity contribution is 4.94. The Bertz CT molecular complexity index is 131. The van der Waals surface area contributed by atoms with Crippen LogP contribution in [0.25, 0.3) is 0 Å². The minimum atomic E-state index is 0.653. The molecule has 2 aliphatic rings. The maximum Gasteiger partial charge on any atom is 0.0634 e. The first-order chi connectivity index (χ1) is 4.79. The zero-order chi connectivity index (χ0) is 7.14. The van der Waals surface area contributed by atoms with Gasteiger partial charge in [-0.1, -0.05) is 13.8 Å². The topological polar surface area (TPSA) is 9.23 Å². The van der Waals surface area contributed by atoms with Crippen molar-refractivity contribution in [1.29, 1.82) is 0 Å². The maximum absolute atomic E-state index is 5.63. The molecule has 1 nitrogen and oxygen atoms in total. The Hall–Kier alpha value is -0.0400. The maximum atomic E-state index is 5.63. The van der Waals surface area contributed by atoms with Crippen molar-refractivity contribution in [3.05, 3.63) is 0 Å². The first kappa shape index (κ1) is 6.66. The van der Waals surface area contributed by atoms with Crippen LogP contribution in [-0.4, -0.2) is 12.7 Å². The SMILES string of the molecule is CC(C)[C@@H]1C[C@H]2CCO[C@H]21. The Morgan fingerprint density at radius 2 is 2.20 bits per heavy atom. The van der Waals surface area contributed by atoms with Gasteiger partial charge < -0.3 is 4.74 Å². The van der Waals surface area contributed by atoms with Gasteiger partial charge in [-0.2, -0.15) is 0 Å². The molecular weight excluding hydrogens is 124 g/mol. The predicted octanol–water partition coefficient (Wildman–Crippen LogP) is 2.07. The highest BCUT2D eigenvalue weighted by Gasteiger charge is 2.45. The van der Waals surface area contributed by atoms with E-state index < -0.39 is 0 Å². The number of rotatable bonds is 1. The van der Waals surface area contributed by atoms with Crippen LogP contribution in [0, 0.1) is 17.8 Å². The Kier molecular flexibility index (Phi) is 1.48. The first-order valence-corrected chi connectivity index (χ1v) is 4.40. The summed E-state index contributed by atoms with van der Waals surface area (Å²) in [5.74, 6) is 2.65. The smallest absolute Gasteiger partial charge is 0.0634 e. The summed E-state index contributed by atoms with van der Waals surface area (Å²) in [6.07, 6.45) is 3.41. The summed E-state index contributed by atoms with van der Waals surface area (Å²) >= 11 is 0. The summed E-state index contributed by atoms with van der Waals surface area (Å²) < 4.78 is 5.63. The third-order valence-corrected chi connectivity index (χ3v) is 3.12. The lowest BCUT2D eigenvalue weighted by Gasteiger charge is -2.41. The van der Waals surface area contributed by atoms with E-state index in [1.807, 2.05) is 0 Å². The van der Waals surface area contributed by atoms with Crippen molar-refractivity contribution in [2.24, 2.45) is 17.8 Å². The average molecular weight is 140 g/mol. The number of hydrogen-bond donors (Lipinski definition) is 0. The second-order valence-corrected chi connectivity index (χ2v) is 4.03. The third kappa shape index (κ3) is 0.800. The van der Waals surface area contributed by atoms with Crippen LogP contribution in [0.3, 0.4) is 0 Å². The van der Waals surface area contributed by atoms with Gasteiger partial charge in [-0.05, 0) is 30.6 Å². The molecule has 0 aromatic rings.